The molecule has 0 radical (unpaired) electrons. The number of aromatic nitrogens is 2. The molecule has 1 aromatic heterocycles. The van der Waals surface area contributed by atoms with Crippen LogP contribution in [0.3, 0.4) is 0 Å². The summed E-state index contributed by atoms with van der Waals surface area (Å²) in [5.74, 6) is 0. The number of nitrogens with zero attached hydrogens (tertiary/aromatic N) is 2. The van der Waals surface area contributed by atoms with Gasteiger partial charge in [0, 0.05) is 31.0 Å². The molecule has 1 aromatic carbocycles. The normalized spacial score (nSPS) is 17.4. The van der Waals surface area contributed by atoms with Crippen molar-refractivity contribution in [1.29, 1.82) is 0 Å². The van der Waals surface area contributed by atoms with Gasteiger partial charge in [-0.3, -0.25) is 4.90 Å². The molecule has 0 amide bonds. The average Bonchev–Trinajstić information content (AvgIpc) is 3.18. The van der Waals surface area contributed by atoms with Crippen LogP contribution in [-0.2, 0) is 6.54 Å². The first-order valence-electron chi connectivity index (χ1n) is 7.40. The molecular formula is C16H22N4. The average molecular weight is 270 g/mol. The van der Waals surface area contributed by atoms with Crippen molar-refractivity contribution >= 4 is 0 Å². The van der Waals surface area contributed by atoms with Gasteiger partial charge in [-0.25, -0.2) is 4.98 Å². The molecule has 2 N–H and O–H groups in total. The SMILES string of the molecule is c1ccc(C(CNCc2cnc[nH]2)N2CCCC2)cc1. The zero-order valence-corrected chi connectivity index (χ0v) is 11.8. The fourth-order valence-corrected chi connectivity index (χ4v) is 2.91. The van der Waals surface area contributed by atoms with Crippen molar-refractivity contribution in [3.05, 3.63) is 54.1 Å². The van der Waals surface area contributed by atoms with Crippen molar-refractivity contribution < 1.29 is 0 Å². The molecule has 1 aliphatic rings. The molecule has 0 spiro atoms. The highest BCUT2D eigenvalue weighted by Gasteiger charge is 2.22. The number of likely N-dealkylation sites (tertiary alicyclic amines) is 1. The van der Waals surface area contributed by atoms with Gasteiger partial charge in [0.1, 0.15) is 0 Å². The Morgan fingerprint density at radius 3 is 2.70 bits per heavy atom. The van der Waals surface area contributed by atoms with Gasteiger partial charge in [0.05, 0.1) is 6.33 Å². The summed E-state index contributed by atoms with van der Waals surface area (Å²) in [6.45, 7) is 4.25. The van der Waals surface area contributed by atoms with Gasteiger partial charge in [0.15, 0.2) is 0 Å². The number of hydrogen-bond donors (Lipinski definition) is 2. The van der Waals surface area contributed by atoms with Crippen molar-refractivity contribution in [2.45, 2.75) is 25.4 Å². The Kier molecular flexibility index (Phi) is 4.46. The van der Waals surface area contributed by atoms with Crippen LogP contribution in [0.15, 0.2) is 42.9 Å². The lowest BCUT2D eigenvalue weighted by atomic mass is 10.1. The zero-order valence-electron chi connectivity index (χ0n) is 11.8. The van der Waals surface area contributed by atoms with Crippen molar-refractivity contribution in [2.75, 3.05) is 19.6 Å². The molecule has 2 heterocycles. The van der Waals surface area contributed by atoms with Gasteiger partial charge in [-0.2, -0.15) is 0 Å². The van der Waals surface area contributed by atoms with E-state index < -0.39 is 0 Å². The second-order valence-corrected chi connectivity index (χ2v) is 5.38. The molecule has 0 bridgehead atoms. The Balaban J connectivity index is 1.63. The predicted molar refractivity (Wildman–Crippen MR) is 80.3 cm³/mol. The fourth-order valence-electron chi connectivity index (χ4n) is 2.91. The Bertz CT molecular complexity index is 488. The third-order valence-corrected chi connectivity index (χ3v) is 3.97. The lowest BCUT2D eigenvalue weighted by Gasteiger charge is -2.28. The largest absolute Gasteiger partial charge is 0.347 e. The van der Waals surface area contributed by atoms with Crippen molar-refractivity contribution in [3.63, 3.8) is 0 Å². The Morgan fingerprint density at radius 2 is 2.00 bits per heavy atom. The highest BCUT2D eigenvalue weighted by molar-refractivity contribution is 5.19. The Hall–Kier alpha value is -1.65. The maximum atomic E-state index is 4.05. The first-order valence-corrected chi connectivity index (χ1v) is 7.40. The van der Waals surface area contributed by atoms with Crippen LogP contribution < -0.4 is 5.32 Å². The molecule has 20 heavy (non-hydrogen) atoms. The summed E-state index contributed by atoms with van der Waals surface area (Å²) in [5.41, 5.74) is 2.55. The van der Waals surface area contributed by atoms with Gasteiger partial charge in [0.2, 0.25) is 0 Å². The molecule has 4 nitrogen and oxygen atoms in total. The lowest BCUT2D eigenvalue weighted by Crippen LogP contribution is -2.34. The number of nitrogens with one attached hydrogen (secondary N) is 2. The van der Waals surface area contributed by atoms with E-state index >= 15 is 0 Å². The molecular weight excluding hydrogens is 248 g/mol. The van der Waals surface area contributed by atoms with E-state index in [0.29, 0.717) is 6.04 Å². The quantitative estimate of drug-likeness (QED) is 0.847. The molecule has 0 aliphatic carbocycles. The molecule has 4 heteroatoms. The second kappa shape index (κ2) is 6.68. The molecule has 1 saturated heterocycles. The summed E-state index contributed by atoms with van der Waals surface area (Å²) in [6, 6.07) is 11.3. The highest BCUT2D eigenvalue weighted by Crippen LogP contribution is 2.24. The zero-order chi connectivity index (χ0) is 13.6. The molecule has 1 aliphatic heterocycles. The van der Waals surface area contributed by atoms with E-state index in [0.717, 1.165) is 18.8 Å². The summed E-state index contributed by atoms with van der Waals surface area (Å²) in [7, 11) is 0. The molecule has 1 fully saturated rings. The van der Waals surface area contributed by atoms with Crippen LogP contribution in [0.4, 0.5) is 0 Å². The van der Waals surface area contributed by atoms with Gasteiger partial charge >= 0.3 is 0 Å². The van der Waals surface area contributed by atoms with E-state index in [4.69, 9.17) is 0 Å². The van der Waals surface area contributed by atoms with E-state index in [2.05, 4.69) is 50.5 Å². The van der Waals surface area contributed by atoms with Gasteiger partial charge in [0.25, 0.3) is 0 Å². The fraction of sp³-hybridized carbons (Fsp3) is 0.438. The van der Waals surface area contributed by atoms with Gasteiger partial charge in [-0.15, -0.1) is 0 Å². The number of aromatic amines is 1. The van der Waals surface area contributed by atoms with Gasteiger partial charge in [-0.1, -0.05) is 30.3 Å². The number of imidazole rings is 1. The van der Waals surface area contributed by atoms with Crippen LogP contribution in [0, 0.1) is 0 Å². The van der Waals surface area contributed by atoms with Crippen molar-refractivity contribution in [2.24, 2.45) is 0 Å². The molecule has 2 aromatic rings. The predicted octanol–water partition coefficient (Wildman–Crippen LogP) is 2.34. The second-order valence-electron chi connectivity index (χ2n) is 5.38. The van der Waals surface area contributed by atoms with Crippen LogP contribution >= 0.6 is 0 Å². The lowest BCUT2D eigenvalue weighted by molar-refractivity contribution is 0.238. The monoisotopic (exact) mass is 270 g/mol. The number of benzene rings is 1. The van der Waals surface area contributed by atoms with E-state index in [-0.39, 0.29) is 0 Å². The number of rotatable bonds is 6. The maximum absolute atomic E-state index is 4.05. The molecule has 106 valence electrons. The summed E-state index contributed by atoms with van der Waals surface area (Å²) in [6.07, 6.45) is 6.25. The number of H-pyrrole nitrogens is 1. The van der Waals surface area contributed by atoms with Gasteiger partial charge < -0.3 is 10.3 Å². The van der Waals surface area contributed by atoms with E-state index in [9.17, 15) is 0 Å². The van der Waals surface area contributed by atoms with Crippen LogP contribution in [0.25, 0.3) is 0 Å². The summed E-state index contributed by atoms with van der Waals surface area (Å²) < 4.78 is 0. The van der Waals surface area contributed by atoms with Crippen molar-refractivity contribution in [3.8, 4) is 0 Å². The molecule has 3 rings (SSSR count). The summed E-state index contributed by atoms with van der Waals surface area (Å²) >= 11 is 0. The topological polar surface area (TPSA) is 44.0 Å². The molecule has 1 atom stereocenters. The van der Waals surface area contributed by atoms with Crippen LogP contribution in [0.5, 0.6) is 0 Å². The Morgan fingerprint density at radius 1 is 1.20 bits per heavy atom. The highest BCUT2D eigenvalue weighted by atomic mass is 15.2. The minimum absolute atomic E-state index is 0.474. The van der Waals surface area contributed by atoms with E-state index in [1.807, 2.05) is 6.20 Å². The third kappa shape index (κ3) is 3.26. The van der Waals surface area contributed by atoms with Crippen molar-refractivity contribution in [1.82, 2.24) is 20.2 Å². The minimum Gasteiger partial charge on any atom is -0.347 e. The Labute approximate surface area is 120 Å². The van der Waals surface area contributed by atoms with Crippen LogP contribution in [0.1, 0.15) is 30.1 Å². The molecule has 0 saturated carbocycles. The third-order valence-electron chi connectivity index (χ3n) is 3.97. The smallest absolute Gasteiger partial charge is 0.0922 e. The maximum Gasteiger partial charge on any atom is 0.0922 e. The van der Waals surface area contributed by atoms with Gasteiger partial charge in [-0.05, 0) is 31.5 Å². The van der Waals surface area contributed by atoms with Crippen LogP contribution in [0.2, 0.25) is 0 Å². The van der Waals surface area contributed by atoms with E-state index in [1.165, 1.54) is 31.5 Å². The van der Waals surface area contributed by atoms with E-state index in [1.54, 1.807) is 6.33 Å². The van der Waals surface area contributed by atoms with Crippen LogP contribution in [-0.4, -0.2) is 34.5 Å². The molecule has 1 unspecified atom stereocenters. The first-order chi connectivity index (χ1) is 9.93. The summed E-state index contributed by atoms with van der Waals surface area (Å²) in [5, 5.41) is 3.55. The first kappa shape index (κ1) is 13.3. The summed E-state index contributed by atoms with van der Waals surface area (Å²) in [4.78, 5) is 9.78. The minimum atomic E-state index is 0.474. The standard InChI is InChI=1S/C16H22N4/c1-2-6-14(7-3-1)16(20-8-4-5-9-20)12-17-10-15-11-18-13-19-15/h1-3,6-7,11,13,16-17H,4-5,8-10,12H2,(H,18,19). The number of hydrogen-bond acceptors (Lipinski definition) is 3.